The van der Waals surface area contributed by atoms with Gasteiger partial charge in [0, 0.05) is 0 Å². The minimum Gasteiger partial charge on any atom is -0.462 e. The lowest BCUT2D eigenvalue weighted by molar-refractivity contribution is 0.0461. The fraction of sp³-hybridized carbons (Fsp3) is 0.571. The van der Waals surface area contributed by atoms with Gasteiger partial charge in [-0.05, 0) is 45.7 Å². The average molecular weight is 299 g/mol. The molecule has 0 fully saturated rings. The first-order valence-electron chi connectivity index (χ1n) is 6.56. The number of carbonyl (C=O) groups excluding carboxylic acids is 2. The van der Waals surface area contributed by atoms with Gasteiger partial charge in [-0.25, -0.2) is 9.59 Å². The predicted octanol–water partition coefficient (Wildman–Crippen LogP) is 3.97. The van der Waals surface area contributed by atoms with Crippen molar-refractivity contribution in [2.24, 2.45) is 0 Å². The number of rotatable bonds is 5. The maximum absolute atomic E-state index is 11.8. The normalized spacial score (nSPS) is 11.1. The lowest BCUT2D eigenvalue weighted by Gasteiger charge is -2.22. The number of hydrogen-bond acceptors (Lipinski definition) is 5. The Morgan fingerprint density at radius 2 is 2.00 bits per heavy atom. The van der Waals surface area contributed by atoms with E-state index in [-0.39, 0.29) is 5.97 Å². The van der Waals surface area contributed by atoms with E-state index >= 15 is 0 Å². The molecule has 1 rings (SSSR count). The van der Waals surface area contributed by atoms with Gasteiger partial charge in [0.15, 0.2) is 0 Å². The molecule has 112 valence electrons. The fourth-order valence-electron chi connectivity index (χ4n) is 1.39. The van der Waals surface area contributed by atoms with Gasteiger partial charge in [0.05, 0.1) is 11.6 Å². The molecule has 1 heterocycles. The molecule has 1 aromatic rings. The maximum atomic E-state index is 11.8. The summed E-state index contributed by atoms with van der Waals surface area (Å²) in [6, 6.07) is 1.73. The monoisotopic (exact) mass is 299 g/mol. The second-order valence-electron chi connectivity index (χ2n) is 4.97. The summed E-state index contributed by atoms with van der Waals surface area (Å²) in [7, 11) is 0. The van der Waals surface area contributed by atoms with Crippen LogP contribution in [-0.2, 0) is 9.47 Å². The minimum atomic E-state index is -0.520. The topological polar surface area (TPSA) is 64.6 Å². The molecule has 0 bridgehead atoms. The van der Waals surface area contributed by atoms with Crippen LogP contribution in [0, 0.1) is 6.92 Å². The van der Waals surface area contributed by atoms with Crippen LogP contribution < -0.4 is 5.32 Å². The third kappa shape index (κ3) is 4.52. The van der Waals surface area contributed by atoms with Crippen molar-refractivity contribution in [1.82, 2.24) is 0 Å². The number of esters is 1. The standard InChI is InChI=1S/C14H21NO4S/c1-6-14(4,5)19-13(17)15-10-8-9(3)11(20-10)12(16)18-7-2/h8H,6-7H2,1-5H3,(H,15,17). The van der Waals surface area contributed by atoms with Gasteiger partial charge in [0.1, 0.15) is 10.5 Å². The Morgan fingerprint density at radius 1 is 1.35 bits per heavy atom. The van der Waals surface area contributed by atoms with Crippen molar-refractivity contribution in [2.45, 2.75) is 46.6 Å². The van der Waals surface area contributed by atoms with E-state index in [2.05, 4.69) is 5.32 Å². The van der Waals surface area contributed by atoms with Gasteiger partial charge in [0.25, 0.3) is 0 Å². The van der Waals surface area contributed by atoms with E-state index in [0.717, 1.165) is 12.0 Å². The molecule has 5 nitrogen and oxygen atoms in total. The molecule has 0 radical (unpaired) electrons. The Labute approximate surface area is 123 Å². The highest BCUT2D eigenvalue weighted by Crippen LogP contribution is 2.28. The third-order valence-electron chi connectivity index (χ3n) is 2.82. The van der Waals surface area contributed by atoms with Crippen molar-refractivity contribution < 1.29 is 19.1 Å². The number of amides is 1. The van der Waals surface area contributed by atoms with Crippen molar-refractivity contribution >= 4 is 28.4 Å². The van der Waals surface area contributed by atoms with Crippen LogP contribution in [0.2, 0.25) is 0 Å². The molecule has 0 aliphatic heterocycles. The molecule has 20 heavy (non-hydrogen) atoms. The van der Waals surface area contributed by atoms with Crippen molar-refractivity contribution in [2.75, 3.05) is 11.9 Å². The quantitative estimate of drug-likeness (QED) is 0.835. The van der Waals surface area contributed by atoms with Crippen LogP contribution in [0.1, 0.15) is 49.4 Å². The Kier molecular flexibility index (Phi) is 5.56. The molecule has 1 amide bonds. The minimum absolute atomic E-state index is 0.325. The molecule has 0 saturated heterocycles. The molecule has 0 aromatic carbocycles. The van der Waals surface area contributed by atoms with Gasteiger partial charge in [-0.1, -0.05) is 6.92 Å². The Balaban J connectivity index is 2.72. The fourth-order valence-corrected chi connectivity index (χ4v) is 2.34. The van der Waals surface area contributed by atoms with Gasteiger partial charge in [-0.3, -0.25) is 5.32 Å². The highest BCUT2D eigenvalue weighted by molar-refractivity contribution is 7.18. The van der Waals surface area contributed by atoms with Crippen LogP contribution in [0.3, 0.4) is 0 Å². The van der Waals surface area contributed by atoms with Crippen LogP contribution in [0.25, 0.3) is 0 Å². The SMILES string of the molecule is CCOC(=O)c1sc(NC(=O)OC(C)(C)CC)cc1C. The first-order valence-corrected chi connectivity index (χ1v) is 7.38. The van der Waals surface area contributed by atoms with Gasteiger partial charge in [-0.15, -0.1) is 11.3 Å². The highest BCUT2D eigenvalue weighted by Gasteiger charge is 2.22. The van der Waals surface area contributed by atoms with Crippen LogP contribution in [0.15, 0.2) is 6.07 Å². The highest BCUT2D eigenvalue weighted by atomic mass is 32.1. The van der Waals surface area contributed by atoms with Crippen LogP contribution in [0.5, 0.6) is 0 Å². The second-order valence-corrected chi connectivity index (χ2v) is 6.02. The Hall–Kier alpha value is -1.56. The van der Waals surface area contributed by atoms with Gasteiger partial charge < -0.3 is 9.47 Å². The van der Waals surface area contributed by atoms with Gasteiger partial charge in [0.2, 0.25) is 0 Å². The summed E-state index contributed by atoms with van der Waals surface area (Å²) in [4.78, 5) is 23.9. The van der Waals surface area contributed by atoms with E-state index < -0.39 is 11.7 Å². The number of anilines is 1. The summed E-state index contributed by atoms with van der Waals surface area (Å²) in [6.07, 6.45) is 0.200. The van der Waals surface area contributed by atoms with Crippen molar-refractivity contribution in [3.63, 3.8) is 0 Å². The smallest absolute Gasteiger partial charge is 0.412 e. The molecule has 0 spiro atoms. The number of hydrogen-bond donors (Lipinski definition) is 1. The largest absolute Gasteiger partial charge is 0.462 e. The molecular formula is C14H21NO4S. The summed E-state index contributed by atoms with van der Waals surface area (Å²) >= 11 is 1.18. The molecule has 0 unspecified atom stereocenters. The summed E-state index contributed by atoms with van der Waals surface area (Å²) in [6.45, 7) is 9.51. The van der Waals surface area contributed by atoms with Crippen LogP contribution in [0.4, 0.5) is 9.80 Å². The van der Waals surface area contributed by atoms with Crippen molar-refractivity contribution in [1.29, 1.82) is 0 Å². The average Bonchev–Trinajstić information content (AvgIpc) is 2.69. The Morgan fingerprint density at radius 3 is 2.55 bits per heavy atom. The lowest BCUT2D eigenvalue weighted by atomic mass is 10.1. The van der Waals surface area contributed by atoms with E-state index in [4.69, 9.17) is 9.47 Å². The van der Waals surface area contributed by atoms with E-state index in [1.807, 2.05) is 20.8 Å². The molecule has 6 heteroatoms. The Bertz CT molecular complexity index is 493. The van der Waals surface area contributed by atoms with Crippen LogP contribution in [-0.4, -0.2) is 24.3 Å². The third-order valence-corrected chi connectivity index (χ3v) is 3.96. The van der Waals surface area contributed by atoms with Crippen molar-refractivity contribution in [3.05, 3.63) is 16.5 Å². The molecule has 0 saturated carbocycles. The molecule has 1 N–H and O–H groups in total. The van der Waals surface area contributed by atoms with E-state index in [0.29, 0.717) is 16.5 Å². The molecule has 0 atom stereocenters. The lowest BCUT2D eigenvalue weighted by Crippen LogP contribution is -2.29. The predicted molar refractivity (Wildman–Crippen MR) is 79.5 cm³/mol. The number of thiophene rings is 1. The van der Waals surface area contributed by atoms with Crippen molar-refractivity contribution in [3.8, 4) is 0 Å². The molecule has 0 aliphatic rings. The first kappa shape index (κ1) is 16.5. The number of carbonyl (C=O) groups is 2. The zero-order chi connectivity index (χ0) is 15.3. The zero-order valence-corrected chi connectivity index (χ0v) is 13.3. The molecule has 0 aliphatic carbocycles. The first-order chi connectivity index (χ1) is 9.29. The second kappa shape index (κ2) is 6.74. The van der Waals surface area contributed by atoms with Gasteiger partial charge in [-0.2, -0.15) is 0 Å². The molecule has 1 aromatic heterocycles. The van der Waals surface area contributed by atoms with Gasteiger partial charge >= 0.3 is 12.1 Å². The molecular weight excluding hydrogens is 278 g/mol. The zero-order valence-electron chi connectivity index (χ0n) is 12.5. The maximum Gasteiger partial charge on any atom is 0.412 e. The summed E-state index contributed by atoms with van der Waals surface area (Å²) in [5.74, 6) is -0.370. The van der Waals surface area contributed by atoms with E-state index in [9.17, 15) is 9.59 Å². The number of aryl methyl sites for hydroxylation is 1. The number of nitrogens with one attached hydrogen (secondary N) is 1. The van der Waals surface area contributed by atoms with E-state index in [1.54, 1.807) is 19.9 Å². The van der Waals surface area contributed by atoms with Crippen LogP contribution >= 0.6 is 11.3 Å². The number of ether oxygens (including phenoxy) is 2. The summed E-state index contributed by atoms with van der Waals surface area (Å²) in [5.41, 5.74) is 0.263. The summed E-state index contributed by atoms with van der Waals surface area (Å²) in [5, 5.41) is 3.21. The van der Waals surface area contributed by atoms with E-state index in [1.165, 1.54) is 11.3 Å². The summed E-state index contributed by atoms with van der Waals surface area (Å²) < 4.78 is 10.2.